The zero-order valence-corrected chi connectivity index (χ0v) is 16.1. The lowest BCUT2D eigenvalue weighted by Crippen LogP contribution is -2.48. The molecule has 6 heteroatoms. The van der Waals surface area contributed by atoms with Gasteiger partial charge < -0.3 is 15.2 Å². The van der Waals surface area contributed by atoms with E-state index >= 15 is 0 Å². The number of aliphatic hydroxyl groups is 1. The van der Waals surface area contributed by atoms with E-state index in [0.29, 0.717) is 29.5 Å². The summed E-state index contributed by atoms with van der Waals surface area (Å²) < 4.78 is 19.0. The normalized spacial score (nSPS) is 29.0. The van der Waals surface area contributed by atoms with E-state index in [-0.39, 0.29) is 24.0 Å². The highest BCUT2D eigenvalue weighted by atomic mass is 35.5. The first-order valence-corrected chi connectivity index (χ1v) is 9.74. The van der Waals surface area contributed by atoms with Crippen molar-refractivity contribution in [2.75, 3.05) is 0 Å². The summed E-state index contributed by atoms with van der Waals surface area (Å²) in [6, 6.07) is 4.32. The molecule has 0 aliphatic heterocycles. The van der Waals surface area contributed by atoms with Gasteiger partial charge in [-0.3, -0.25) is 4.79 Å². The molecule has 2 aliphatic carbocycles. The molecule has 144 valence electrons. The van der Waals surface area contributed by atoms with Gasteiger partial charge in [-0.25, -0.2) is 4.39 Å². The Labute approximate surface area is 159 Å². The summed E-state index contributed by atoms with van der Waals surface area (Å²) in [5, 5.41) is 13.5. The van der Waals surface area contributed by atoms with Crippen molar-refractivity contribution in [1.82, 2.24) is 5.32 Å². The third-order valence-corrected chi connectivity index (χ3v) is 5.90. The Morgan fingerprint density at radius 3 is 2.46 bits per heavy atom. The van der Waals surface area contributed by atoms with E-state index < -0.39 is 11.4 Å². The van der Waals surface area contributed by atoms with Gasteiger partial charge in [0.2, 0.25) is 5.91 Å². The summed E-state index contributed by atoms with van der Waals surface area (Å²) in [6.45, 7) is 3.72. The molecular formula is C20H27ClFNO3. The number of rotatable bonds is 5. The van der Waals surface area contributed by atoms with Crippen molar-refractivity contribution in [1.29, 1.82) is 0 Å². The van der Waals surface area contributed by atoms with E-state index in [1.165, 1.54) is 12.1 Å². The number of hydrogen-bond donors (Lipinski definition) is 2. The van der Waals surface area contributed by atoms with Crippen LogP contribution in [0.25, 0.3) is 0 Å². The first-order chi connectivity index (χ1) is 12.2. The maximum atomic E-state index is 13.3. The van der Waals surface area contributed by atoms with Crippen LogP contribution in [0.3, 0.4) is 0 Å². The fraction of sp³-hybridized carbons (Fsp3) is 0.650. The fourth-order valence-corrected chi connectivity index (χ4v) is 4.14. The van der Waals surface area contributed by atoms with Gasteiger partial charge in [0.25, 0.3) is 0 Å². The van der Waals surface area contributed by atoms with Crippen molar-refractivity contribution in [2.24, 2.45) is 11.8 Å². The van der Waals surface area contributed by atoms with E-state index in [1.54, 1.807) is 6.07 Å². The number of carbonyl (C=O) groups excluding carboxylic acids is 1. The van der Waals surface area contributed by atoms with Crippen LogP contribution in [-0.2, 0) is 4.79 Å². The molecule has 0 bridgehead atoms. The molecule has 0 spiro atoms. The standard InChI is InChI=1S/C20H27ClFNO3/c1-20(2,25)13-3-5-16(6-4-13)23-19(24)12-7-17(8-12)26-18-10-14(21)9-15(22)11-18/h9-13,16-17,25H,3-8H2,1-2H3,(H,23,24). The van der Waals surface area contributed by atoms with Gasteiger partial charge in [-0.2, -0.15) is 0 Å². The number of benzene rings is 1. The summed E-state index contributed by atoms with van der Waals surface area (Å²) in [7, 11) is 0. The van der Waals surface area contributed by atoms with Gasteiger partial charge in [0.05, 0.1) is 5.60 Å². The Bertz CT molecular complexity index is 627. The van der Waals surface area contributed by atoms with Crippen molar-refractivity contribution in [3.8, 4) is 5.75 Å². The molecule has 2 fully saturated rings. The van der Waals surface area contributed by atoms with Crippen LogP contribution in [0, 0.1) is 17.7 Å². The molecule has 0 saturated heterocycles. The van der Waals surface area contributed by atoms with Gasteiger partial charge >= 0.3 is 0 Å². The van der Waals surface area contributed by atoms with Crippen molar-refractivity contribution < 1.29 is 19.0 Å². The van der Waals surface area contributed by atoms with Gasteiger partial charge in [0.15, 0.2) is 0 Å². The Morgan fingerprint density at radius 2 is 1.88 bits per heavy atom. The molecule has 1 amide bonds. The van der Waals surface area contributed by atoms with Gasteiger partial charge in [-0.05, 0) is 70.4 Å². The summed E-state index contributed by atoms with van der Waals surface area (Å²) in [4.78, 5) is 12.4. The second-order valence-corrected chi connectivity index (χ2v) is 8.66. The molecule has 0 unspecified atom stereocenters. The minimum Gasteiger partial charge on any atom is -0.490 e. The molecule has 1 aromatic carbocycles. The summed E-state index contributed by atoms with van der Waals surface area (Å²) in [5.41, 5.74) is -0.646. The number of ether oxygens (including phenoxy) is 1. The SMILES string of the molecule is CC(C)(O)C1CCC(NC(=O)C2CC(Oc3cc(F)cc(Cl)c3)C2)CC1. The first kappa shape index (κ1) is 19.4. The molecule has 0 radical (unpaired) electrons. The van der Waals surface area contributed by atoms with E-state index in [4.69, 9.17) is 16.3 Å². The van der Waals surface area contributed by atoms with E-state index in [9.17, 15) is 14.3 Å². The molecule has 26 heavy (non-hydrogen) atoms. The number of amides is 1. The Balaban J connectivity index is 1.40. The largest absolute Gasteiger partial charge is 0.490 e. The average Bonchev–Trinajstić information content (AvgIpc) is 2.49. The van der Waals surface area contributed by atoms with Gasteiger partial charge in [-0.1, -0.05) is 11.6 Å². The van der Waals surface area contributed by atoms with Crippen molar-refractivity contribution in [2.45, 2.75) is 70.1 Å². The molecule has 2 saturated carbocycles. The van der Waals surface area contributed by atoms with Crippen molar-refractivity contribution in [3.05, 3.63) is 29.0 Å². The molecule has 0 heterocycles. The lowest BCUT2D eigenvalue weighted by Gasteiger charge is -2.38. The average molecular weight is 384 g/mol. The van der Waals surface area contributed by atoms with E-state index in [1.807, 2.05) is 13.8 Å². The summed E-state index contributed by atoms with van der Waals surface area (Å²) in [5.74, 6) is 0.312. The minimum absolute atomic E-state index is 0.0453. The van der Waals surface area contributed by atoms with Crippen LogP contribution in [0.4, 0.5) is 4.39 Å². The zero-order chi connectivity index (χ0) is 18.9. The second-order valence-electron chi connectivity index (χ2n) is 8.22. The molecule has 2 aliphatic rings. The maximum absolute atomic E-state index is 13.3. The molecule has 3 rings (SSSR count). The van der Waals surface area contributed by atoms with Gasteiger partial charge in [-0.15, -0.1) is 0 Å². The lowest BCUT2D eigenvalue weighted by atomic mass is 9.76. The molecule has 1 aromatic rings. The zero-order valence-electron chi connectivity index (χ0n) is 15.3. The topological polar surface area (TPSA) is 58.6 Å². The third-order valence-electron chi connectivity index (χ3n) is 5.68. The Hall–Kier alpha value is -1.33. The quantitative estimate of drug-likeness (QED) is 0.805. The van der Waals surface area contributed by atoms with Gasteiger partial charge in [0.1, 0.15) is 17.7 Å². The number of nitrogens with one attached hydrogen (secondary N) is 1. The van der Waals surface area contributed by atoms with Gasteiger partial charge in [0, 0.05) is 23.0 Å². The van der Waals surface area contributed by atoms with Crippen molar-refractivity contribution in [3.63, 3.8) is 0 Å². The van der Waals surface area contributed by atoms with Crippen LogP contribution < -0.4 is 10.1 Å². The van der Waals surface area contributed by atoms with Crippen LogP contribution in [0.15, 0.2) is 18.2 Å². The number of carbonyl (C=O) groups is 1. The highest BCUT2D eigenvalue weighted by Gasteiger charge is 2.38. The Morgan fingerprint density at radius 1 is 1.23 bits per heavy atom. The monoisotopic (exact) mass is 383 g/mol. The molecule has 4 nitrogen and oxygen atoms in total. The minimum atomic E-state index is -0.646. The predicted octanol–water partition coefficient (Wildman–Crippen LogP) is 4.08. The smallest absolute Gasteiger partial charge is 0.223 e. The molecule has 0 atom stereocenters. The molecular weight excluding hydrogens is 357 g/mol. The third kappa shape index (κ3) is 4.89. The highest BCUT2D eigenvalue weighted by molar-refractivity contribution is 6.30. The van der Waals surface area contributed by atoms with Crippen LogP contribution >= 0.6 is 11.6 Å². The molecule has 0 aromatic heterocycles. The molecule has 2 N–H and O–H groups in total. The maximum Gasteiger partial charge on any atom is 0.223 e. The first-order valence-electron chi connectivity index (χ1n) is 9.36. The van der Waals surface area contributed by atoms with Crippen LogP contribution in [0.1, 0.15) is 52.4 Å². The van der Waals surface area contributed by atoms with Crippen molar-refractivity contribution >= 4 is 17.5 Å². The van der Waals surface area contributed by atoms with Crippen LogP contribution in [-0.4, -0.2) is 28.8 Å². The summed E-state index contributed by atoms with van der Waals surface area (Å²) in [6.07, 6.45) is 4.90. The number of hydrogen-bond acceptors (Lipinski definition) is 3. The second kappa shape index (κ2) is 7.73. The summed E-state index contributed by atoms with van der Waals surface area (Å²) >= 11 is 5.82. The van der Waals surface area contributed by atoms with E-state index in [0.717, 1.165) is 25.7 Å². The predicted molar refractivity (Wildman–Crippen MR) is 98.7 cm³/mol. The Kier molecular flexibility index (Phi) is 5.78. The lowest BCUT2D eigenvalue weighted by molar-refractivity contribution is -0.131. The highest BCUT2D eigenvalue weighted by Crippen LogP contribution is 2.35. The van der Waals surface area contributed by atoms with E-state index in [2.05, 4.69) is 5.32 Å². The fourth-order valence-electron chi connectivity index (χ4n) is 3.93. The number of halogens is 2. The van der Waals surface area contributed by atoms with Crippen LogP contribution in [0.2, 0.25) is 5.02 Å². The van der Waals surface area contributed by atoms with Crippen LogP contribution in [0.5, 0.6) is 5.75 Å².